The van der Waals surface area contributed by atoms with Gasteiger partial charge in [0.15, 0.2) is 6.10 Å². The van der Waals surface area contributed by atoms with Gasteiger partial charge in [-0.15, -0.1) is 0 Å². The number of carbonyl (C=O) groups excluding carboxylic acids is 2. The highest BCUT2D eigenvalue weighted by molar-refractivity contribution is 7.46. The van der Waals surface area contributed by atoms with Crippen molar-refractivity contribution in [1.82, 2.24) is 0 Å². The molecule has 8 nitrogen and oxygen atoms in total. The van der Waals surface area contributed by atoms with Crippen LogP contribution < -0.4 is 0 Å². The normalized spacial score (nSPS) is 12.8. The molecule has 2 N–H and O–H groups in total. The Morgan fingerprint density at radius 2 is 1.02 bits per heavy atom. The molecule has 1 atom stereocenters. The summed E-state index contributed by atoms with van der Waals surface area (Å²) in [5.74, 6) is -1.15. The quantitative estimate of drug-likeness (QED) is 0.0168. The Labute approximate surface area is 293 Å². The summed E-state index contributed by atoms with van der Waals surface area (Å²) in [5, 5.41) is 0. The van der Waals surface area contributed by atoms with Crippen molar-refractivity contribution in [3.8, 4) is 0 Å². The molecule has 0 unspecified atom stereocenters. The first-order chi connectivity index (χ1) is 23.3. The number of allylic oxidation sites excluding steroid dienone is 5. The number of ether oxygens (including phenoxy) is 2. The molecule has 0 spiro atoms. The molecule has 9 heteroatoms. The Balaban J connectivity index is 4.08. The van der Waals surface area contributed by atoms with Crippen LogP contribution in [0, 0.1) is 0 Å². The molecule has 0 aliphatic heterocycles. The molecule has 0 aliphatic rings. The van der Waals surface area contributed by atoms with E-state index in [1.54, 1.807) is 12.2 Å². The summed E-state index contributed by atoms with van der Waals surface area (Å²) in [7, 11) is -4.77. The van der Waals surface area contributed by atoms with E-state index in [4.69, 9.17) is 19.3 Å². The highest BCUT2D eigenvalue weighted by Crippen LogP contribution is 2.35. The van der Waals surface area contributed by atoms with Crippen molar-refractivity contribution < 1.29 is 37.9 Å². The number of rotatable bonds is 35. The van der Waals surface area contributed by atoms with E-state index in [2.05, 4.69) is 30.5 Å². The number of esters is 2. The molecule has 0 aromatic rings. The number of phosphoric ester groups is 1. The maximum atomic E-state index is 12.3. The predicted molar refractivity (Wildman–Crippen MR) is 198 cm³/mol. The molecule has 0 aromatic carbocycles. The van der Waals surface area contributed by atoms with Crippen LogP contribution in [0.3, 0.4) is 0 Å². The average molecular weight is 699 g/mol. The first kappa shape index (κ1) is 46.3. The standard InChI is InChI=1S/C39H71O8P/c1-3-5-7-9-11-13-15-17-19-21-23-25-27-29-31-33-38(40)45-35-37(36-46-48(42,43)44)47-39(41)34-32-30-28-26-24-22-20-18-16-14-12-10-8-6-4-2/h22,24,27,29,31,33,37H,3-21,23,25-26,28,30,32,34-36H2,1-2H3,(H2,42,43,44)/b24-22+,29-27+,33-31+/t37-/m1/s1. The summed E-state index contributed by atoms with van der Waals surface area (Å²) >= 11 is 0. The van der Waals surface area contributed by atoms with Crippen molar-refractivity contribution in [3.63, 3.8) is 0 Å². The highest BCUT2D eigenvalue weighted by Gasteiger charge is 2.22. The van der Waals surface area contributed by atoms with Gasteiger partial charge in [-0.05, 0) is 44.9 Å². The van der Waals surface area contributed by atoms with Crippen molar-refractivity contribution >= 4 is 19.8 Å². The van der Waals surface area contributed by atoms with Crippen LogP contribution in [-0.2, 0) is 28.2 Å². The Hall–Kier alpha value is -1.73. The number of unbranched alkanes of at least 4 members (excludes halogenated alkanes) is 22. The second kappa shape index (κ2) is 35.1. The molecule has 0 saturated carbocycles. The fourth-order valence-corrected chi connectivity index (χ4v) is 5.70. The predicted octanol–water partition coefficient (Wildman–Crippen LogP) is 11.4. The highest BCUT2D eigenvalue weighted by atomic mass is 31.2. The lowest BCUT2D eigenvalue weighted by atomic mass is 10.1. The molecule has 0 aromatic heterocycles. The second-order valence-electron chi connectivity index (χ2n) is 13.0. The lowest BCUT2D eigenvalue weighted by molar-refractivity contribution is -0.159. The van der Waals surface area contributed by atoms with Crippen LogP contribution in [0.4, 0.5) is 0 Å². The third-order valence-corrected chi connectivity index (χ3v) is 8.72. The zero-order valence-electron chi connectivity index (χ0n) is 30.6. The molecule has 0 heterocycles. The minimum atomic E-state index is -4.77. The van der Waals surface area contributed by atoms with Gasteiger partial charge in [0.25, 0.3) is 0 Å². The van der Waals surface area contributed by atoms with Crippen LogP contribution in [0.15, 0.2) is 36.5 Å². The van der Waals surface area contributed by atoms with Crippen molar-refractivity contribution in [2.45, 2.75) is 187 Å². The monoisotopic (exact) mass is 698 g/mol. The minimum absolute atomic E-state index is 0.173. The molecule has 0 bridgehead atoms. The first-order valence-electron chi connectivity index (χ1n) is 19.3. The van der Waals surface area contributed by atoms with Gasteiger partial charge in [0.2, 0.25) is 0 Å². The van der Waals surface area contributed by atoms with Crippen LogP contribution in [0.25, 0.3) is 0 Å². The minimum Gasteiger partial charge on any atom is -0.458 e. The molecule has 48 heavy (non-hydrogen) atoms. The zero-order valence-corrected chi connectivity index (χ0v) is 31.5. The van der Waals surface area contributed by atoms with Crippen LogP contribution in [0.2, 0.25) is 0 Å². The molecule has 0 radical (unpaired) electrons. The van der Waals surface area contributed by atoms with E-state index < -0.39 is 32.5 Å². The maximum Gasteiger partial charge on any atom is 0.469 e. The third kappa shape index (κ3) is 37.1. The van der Waals surface area contributed by atoms with Crippen LogP contribution in [0.5, 0.6) is 0 Å². The zero-order chi connectivity index (χ0) is 35.4. The van der Waals surface area contributed by atoms with E-state index >= 15 is 0 Å². The Morgan fingerprint density at radius 1 is 0.583 bits per heavy atom. The van der Waals surface area contributed by atoms with Gasteiger partial charge >= 0.3 is 19.8 Å². The maximum absolute atomic E-state index is 12.3. The number of hydrogen-bond acceptors (Lipinski definition) is 6. The molecule has 0 rings (SSSR count). The summed E-state index contributed by atoms with van der Waals surface area (Å²) in [6.07, 6.45) is 40.7. The Bertz CT molecular complexity index is 879. The van der Waals surface area contributed by atoms with Crippen molar-refractivity contribution in [3.05, 3.63) is 36.5 Å². The Kier molecular flexibility index (Phi) is 33.8. The van der Waals surface area contributed by atoms with E-state index in [1.807, 2.05) is 6.08 Å². The van der Waals surface area contributed by atoms with Gasteiger partial charge in [0, 0.05) is 12.5 Å². The van der Waals surface area contributed by atoms with E-state index in [1.165, 1.54) is 122 Å². The molecular weight excluding hydrogens is 627 g/mol. The van der Waals surface area contributed by atoms with Gasteiger partial charge in [-0.2, -0.15) is 0 Å². The summed E-state index contributed by atoms with van der Waals surface area (Å²) in [6.45, 7) is 3.56. The van der Waals surface area contributed by atoms with Gasteiger partial charge < -0.3 is 19.3 Å². The van der Waals surface area contributed by atoms with Gasteiger partial charge in [-0.25, -0.2) is 9.36 Å². The van der Waals surface area contributed by atoms with Crippen LogP contribution in [-0.4, -0.2) is 41.0 Å². The van der Waals surface area contributed by atoms with Gasteiger partial charge in [-0.3, -0.25) is 9.32 Å². The third-order valence-electron chi connectivity index (χ3n) is 8.23. The van der Waals surface area contributed by atoms with E-state index in [9.17, 15) is 14.2 Å². The average Bonchev–Trinajstić information content (AvgIpc) is 3.05. The van der Waals surface area contributed by atoms with Gasteiger partial charge in [0.1, 0.15) is 6.61 Å². The molecular formula is C39H71O8P. The lowest BCUT2D eigenvalue weighted by Gasteiger charge is -2.18. The van der Waals surface area contributed by atoms with E-state index in [0.717, 1.165) is 38.5 Å². The van der Waals surface area contributed by atoms with Crippen molar-refractivity contribution in [1.29, 1.82) is 0 Å². The summed E-state index contributed by atoms with van der Waals surface area (Å²) in [4.78, 5) is 42.5. The van der Waals surface area contributed by atoms with Crippen molar-refractivity contribution in [2.24, 2.45) is 0 Å². The van der Waals surface area contributed by atoms with Crippen molar-refractivity contribution in [2.75, 3.05) is 13.2 Å². The van der Waals surface area contributed by atoms with Gasteiger partial charge in [-0.1, -0.05) is 160 Å². The molecule has 0 saturated heterocycles. The number of phosphoric acid groups is 1. The van der Waals surface area contributed by atoms with E-state index in [-0.39, 0.29) is 13.0 Å². The van der Waals surface area contributed by atoms with Crippen LogP contribution >= 0.6 is 7.82 Å². The van der Waals surface area contributed by atoms with Crippen LogP contribution in [0.1, 0.15) is 181 Å². The smallest absolute Gasteiger partial charge is 0.458 e. The second-order valence-corrected chi connectivity index (χ2v) is 14.2. The fraction of sp³-hybridized carbons (Fsp3) is 0.795. The SMILES string of the molecule is CCCCCCCCCC/C=C/CCCCCC(=O)O[C@H](COC(=O)/C=C/C=C/CCCCCCCCCCCCC)COP(=O)(O)O. The van der Waals surface area contributed by atoms with E-state index in [0.29, 0.717) is 6.42 Å². The van der Waals surface area contributed by atoms with Gasteiger partial charge in [0.05, 0.1) is 6.61 Å². The molecule has 0 fully saturated rings. The lowest BCUT2D eigenvalue weighted by Crippen LogP contribution is -2.29. The summed E-state index contributed by atoms with van der Waals surface area (Å²) < 4.78 is 26.1. The molecule has 0 amide bonds. The summed E-state index contributed by atoms with van der Waals surface area (Å²) in [6, 6.07) is 0. The number of hydrogen-bond donors (Lipinski definition) is 2. The molecule has 0 aliphatic carbocycles. The first-order valence-corrected chi connectivity index (χ1v) is 20.9. The molecule has 280 valence electrons. The number of carbonyl (C=O) groups is 2. The largest absolute Gasteiger partial charge is 0.469 e. The summed E-state index contributed by atoms with van der Waals surface area (Å²) in [5.41, 5.74) is 0. The fourth-order valence-electron chi connectivity index (χ4n) is 5.34. The topological polar surface area (TPSA) is 119 Å². The Morgan fingerprint density at radius 3 is 1.50 bits per heavy atom.